The summed E-state index contributed by atoms with van der Waals surface area (Å²) in [6.45, 7) is 1.90. The van der Waals surface area contributed by atoms with Crippen molar-refractivity contribution in [1.82, 2.24) is 20.5 Å². The molecular weight excluding hydrogens is 379 g/mol. The van der Waals surface area contributed by atoms with Gasteiger partial charge in [-0.25, -0.2) is 4.79 Å². The van der Waals surface area contributed by atoms with Crippen LogP contribution >= 0.6 is 0 Å². The van der Waals surface area contributed by atoms with Crippen molar-refractivity contribution < 1.29 is 29.4 Å². The molecule has 0 amide bonds. The van der Waals surface area contributed by atoms with E-state index in [4.69, 9.17) is 9.39 Å². The molecule has 0 bridgehead atoms. The van der Waals surface area contributed by atoms with Crippen LogP contribution in [0, 0.1) is 0 Å². The van der Waals surface area contributed by atoms with Crippen molar-refractivity contribution in [2.75, 3.05) is 33.3 Å². The van der Waals surface area contributed by atoms with Gasteiger partial charge in [-0.15, -0.1) is 5.53 Å². The van der Waals surface area contributed by atoms with Crippen LogP contribution in [0.25, 0.3) is 0 Å². The van der Waals surface area contributed by atoms with Gasteiger partial charge in [-0.3, -0.25) is 14.9 Å². The van der Waals surface area contributed by atoms with Crippen LogP contribution in [0.15, 0.2) is 24.5 Å². The van der Waals surface area contributed by atoms with Gasteiger partial charge in [-0.1, -0.05) is 6.07 Å². The molecule has 1 saturated heterocycles. The van der Waals surface area contributed by atoms with E-state index in [2.05, 4.69) is 10.4 Å². The first kappa shape index (κ1) is 19.8. The fraction of sp³-hybridized carbons (Fsp3) is 0.500. The van der Waals surface area contributed by atoms with Crippen molar-refractivity contribution in [3.05, 3.63) is 35.7 Å². The number of rotatable bonds is 7. The summed E-state index contributed by atoms with van der Waals surface area (Å²) in [5.74, 6) is -0.695. The van der Waals surface area contributed by atoms with Gasteiger partial charge in [-0.2, -0.15) is 0 Å². The molecule has 3 heterocycles. The second-order valence-electron chi connectivity index (χ2n) is 7.55. The molecule has 0 radical (unpaired) electrons. The minimum Gasteiger partial charge on any atom is -0.535 e. The summed E-state index contributed by atoms with van der Waals surface area (Å²) in [5.41, 5.74) is 3.82. The van der Waals surface area contributed by atoms with Gasteiger partial charge >= 0.3 is 13.1 Å². The second-order valence-corrected chi connectivity index (χ2v) is 7.55. The zero-order valence-electron chi connectivity index (χ0n) is 16.2. The Morgan fingerprint density at radius 1 is 1.41 bits per heavy atom. The Balaban J connectivity index is 1.37. The van der Waals surface area contributed by atoms with Crippen LogP contribution in [0.3, 0.4) is 0 Å². The van der Waals surface area contributed by atoms with Gasteiger partial charge in [0.1, 0.15) is 23.2 Å². The highest BCUT2D eigenvalue weighted by Gasteiger charge is 2.35. The standard InChI is InChI=1S/C18H25BN4O6/c1-21-6-7-23(20-21)13(11-24)8-22-9-14(10-22)28-15-3-2-12-4-5-19(27)29-17(12)16(15)18(25)26/h2-3,6-7,13-14,20,24,27H,4-5,8-11H2,1H3,(H,25,26)/t13-/m1/s1. The SMILES string of the molecule is CN1C=CN([C@@H](CO)CN2CC(Oc3ccc4c(c3C(=O)O)OB(O)CC4)C2)N1. The number of nitrogens with zero attached hydrogens (tertiary/aromatic N) is 3. The lowest BCUT2D eigenvalue weighted by atomic mass is 9.78. The van der Waals surface area contributed by atoms with Crippen molar-refractivity contribution >= 4 is 13.1 Å². The number of likely N-dealkylation sites (tertiary alicyclic amines) is 1. The van der Waals surface area contributed by atoms with Crippen LogP contribution < -0.4 is 14.9 Å². The van der Waals surface area contributed by atoms with Crippen molar-refractivity contribution in [2.24, 2.45) is 0 Å². The number of carboxylic acid groups (broad SMARTS) is 1. The van der Waals surface area contributed by atoms with E-state index in [0.29, 0.717) is 32.4 Å². The maximum atomic E-state index is 11.8. The highest BCUT2D eigenvalue weighted by molar-refractivity contribution is 6.44. The van der Waals surface area contributed by atoms with Crippen LogP contribution in [-0.2, 0) is 6.42 Å². The monoisotopic (exact) mass is 404 g/mol. The highest BCUT2D eigenvalue weighted by Crippen LogP contribution is 2.37. The van der Waals surface area contributed by atoms with E-state index in [1.165, 1.54) is 0 Å². The molecule has 3 aliphatic rings. The molecule has 0 saturated carbocycles. The molecule has 1 aromatic rings. The summed E-state index contributed by atoms with van der Waals surface area (Å²) in [6.07, 6.45) is 4.59. The fourth-order valence-electron chi connectivity index (χ4n) is 3.80. The third-order valence-electron chi connectivity index (χ3n) is 5.34. The zero-order valence-corrected chi connectivity index (χ0v) is 16.2. The number of fused-ring (bicyclic) bond motifs is 1. The number of hydrogen-bond acceptors (Lipinski definition) is 9. The van der Waals surface area contributed by atoms with E-state index < -0.39 is 13.1 Å². The molecule has 1 atom stereocenters. The second kappa shape index (κ2) is 8.11. The molecule has 4 rings (SSSR count). The predicted molar refractivity (Wildman–Crippen MR) is 104 cm³/mol. The largest absolute Gasteiger partial charge is 0.535 e. The minimum atomic E-state index is -1.14. The zero-order chi connectivity index (χ0) is 20.5. The Bertz CT molecular complexity index is 803. The third-order valence-corrected chi connectivity index (χ3v) is 5.34. The number of aromatic carboxylic acids is 1. The number of aryl methyl sites for hydroxylation is 1. The summed E-state index contributed by atoms with van der Waals surface area (Å²) in [6, 6.07) is 3.35. The molecule has 11 heteroatoms. The molecule has 1 aromatic carbocycles. The van der Waals surface area contributed by atoms with Crippen molar-refractivity contribution in [1.29, 1.82) is 0 Å². The van der Waals surface area contributed by atoms with Crippen LogP contribution in [0.5, 0.6) is 11.5 Å². The maximum Gasteiger partial charge on any atom is 0.522 e. The quantitative estimate of drug-likeness (QED) is 0.437. The molecule has 0 unspecified atom stereocenters. The Kier molecular flexibility index (Phi) is 5.55. The molecule has 0 aromatic heterocycles. The Morgan fingerprint density at radius 3 is 2.86 bits per heavy atom. The first-order valence-electron chi connectivity index (χ1n) is 9.64. The van der Waals surface area contributed by atoms with Crippen molar-refractivity contribution in [3.8, 4) is 11.5 Å². The molecular formula is C18H25BN4O6. The van der Waals surface area contributed by atoms with Crippen LogP contribution in [-0.4, -0.2) is 88.7 Å². The average molecular weight is 404 g/mol. The number of hydrogen-bond donors (Lipinski definition) is 4. The highest BCUT2D eigenvalue weighted by atomic mass is 16.5. The van der Waals surface area contributed by atoms with Gasteiger partial charge in [0, 0.05) is 39.1 Å². The van der Waals surface area contributed by atoms with Crippen molar-refractivity contribution in [2.45, 2.75) is 24.9 Å². The first-order valence-corrected chi connectivity index (χ1v) is 9.64. The summed E-state index contributed by atoms with van der Waals surface area (Å²) < 4.78 is 11.3. The van der Waals surface area contributed by atoms with Gasteiger partial charge in [-0.05, 0) is 24.4 Å². The summed E-state index contributed by atoms with van der Waals surface area (Å²) in [7, 11) is 0.873. The molecule has 156 valence electrons. The smallest absolute Gasteiger partial charge is 0.522 e. The number of hydrazine groups is 2. The minimum absolute atomic E-state index is 0.000847. The van der Waals surface area contributed by atoms with Crippen LogP contribution in [0.4, 0.5) is 0 Å². The molecule has 10 nitrogen and oxygen atoms in total. The summed E-state index contributed by atoms with van der Waals surface area (Å²) >= 11 is 0. The lowest BCUT2D eigenvalue weighted by Crippen LogP contribution is -2.59. The van der Waals surface area contributed by atoms with Crippen LogP contribution in [0.1, 0.15) is 15.9 Å². The number of carbonyl (C=O) groups is 1. The van der Waals surface area contributed by atoms with E-state index in [1.807, 2.05) is 24.5 Å². The number of ether oxygens (including phenoxy) is 1. The number of benzene rings is 1. The molecule has 4 N–H and O–H groups in total. The van der Waals surface area contributed by atoms with Gasteiger partial charge in [0.15, 0.2) is 0 Å². The maximum absolute atomic E-state index is 11.8. The number of carboxylic acids is 1. The predicted octanol–water partition coefficient (Wildman–Crippen LogP) is -0.638. The van der Waals surface area contributed by atoms with Gasteiger partial charge in [0.2, 0.25) is 0 Å². The van der Waals surface area contributed by atoms with E-state index in [1.54, 1.807) is 17.1 Å². The molecule has 0 spiro atoms. The van der Waals surface area contributed by atoms with E-state index in [-0.39, 0.29) is 35.8 Å². The number of nitrogens with one attached hydrogen (secondary N) is 1. The van der Waals surface area contributed by atoms with Crippen molar-refractivity contribution in [3.63, 3.8) is 0 Å². The summed E-state index contributed by atoms with van der Waals surface area (Å²) in [4.78, 5) is 13.9. The molecule has 29 heavy (non-hydrogen) atoms. The van der Waals surface area contributed by atoms with Gasteiger partial charge in [0.05, 0.1) is 12.6 Å². The molecule has 1 fully saturated rings. The summed E-state index contributed by atoms with van der Waals surface area (Å²) in [5, 5.41) is 32.7. The Hall–Kier alpha value is -2.47. The number of aliphatic hydroxyl groups excluding tert-OH is 1. The Labute approximate surface area is 169 Å². The molecule has 3 aliphatic heterocycles. The fourth-order valence-corrected chi connectivity index (χ4v) is 3.80. The van der Waals surface area contributed by atoms with E-state index in [9.17, 15) is 20.0 Å². The Morgan fingerprint density at radius 2 is 2.21 bits per heavy atom. The number of aliphatic hydroxyl groups is 1. The lowest BCUT2D eigenvalue weighted by molar-refractivity contribution is -0.0155. The normalized spacial score (nSPS) is 20.3. The molecule has 0 aliphatic carbocycles. The topological polar surface area (TPSA) is 118 Å². The lowest BCUT2D eigenvalue weighted by Gasteiger charge is -2.42. The average Bonchev–Trinajstić information content (AvgIpc) is 3.08. The van der Waals surface area contributed by atoms with E-state index in [0.717, 1.165) is 5.56 Å². The van der Waals surface area contributed by atoms with Gasteiger partial charge in [0.25, 0.3) is 0 Å². The van der Waals surface area contributed by atoms with E-state index >= 15 is 0 Å². The van der Waals surface area contributed by atoms with Gasteiger partial charge < -0.3 is 24.6 Å². The van der Waals surface area contributed by atoms with Crippen LogP contribution in [0.2, 0.25) is 6.32 Å². The first-order chi connectivity index (χ1) is 13.9. The third kappa shape index (κ3) is 4.13.